The van der Waals surface area contributed by atoms with Crippen LogP contribution in [0.3, 0.4) is 0 Å². The van der Waals surface area contributed by atoms with E-state index in [1.807, 2.05) is 24.0 Å². The highest BCUT2D eigenvalue weighted by Crippen LogP contribution is 2.34. The maximum atomic E-state index is 13.1. The lowest BCUT2D eigenvalue weighted by molar-refractivity contribution is -0.118. The van der Waals surface area contributed by atoms with E-state index in [0.717, 1.165) is 42.5 Å². The lowest BCUT2D eigenvalue weighted by Crippen LogP contribution is -2.40. The van der Waals surface area contributed by atoms with E-state index in [1.165, 1.54) is 18.4 Å². The first kappa shape index (κ1) is 16.6. The Hall–Kier alpha value is -1.82. The number of aryl methyl sites for hydroxylation is 1. The van der Waals surface area contributed by atoms with Gasteiger partial charge in [-0.05, 0) is 44.7 Å². The van der Waals surface area contributed by atoms with Crippen molar-refractivity contribution >= 4 is 23.4 Å². The normalized spacial score (nSPS) is 20.7. The number of benzene rings is 1. The molecule has 3 heterocycles. The Kier molecular flexibility index (Phi) is 4.54. The largest absolute Gasteiger partial charge is 0.308 e. The van der Waals surface area contributed by atoms with Crippen LogP contribution in [0.5, 0.6) is 0 Å². The predicted octanol–water partition coefficient (Wildman–Crippen LogP) is 3.46. The molecule has 0 N–H and O–H groups in total. The maximum Gasteiger partial charge on any atom is 0.240 e. The van der Waals surface area contributed by atoms with Gasteiger partial charge in [0.25, 0.3) is 0 Å². The summed E-state index contributed by atoms with van der Waals surface area (Å²) in [4.78, 5) is 15.1. The van der Waals surface area contributed by atoms with Crippen molar-refractivity contribution in [3.63, 3.8) is 0 Å². The van der Waals surface area contributed by atoms with Gasteiger partial charge in [-0.1, -0.05) is 36.4 Å². The number of carbonyl (C=O) groups is 1. The summed E-state index contributed by atoms with van der Waals surface area (Å²) in [7, 11) is 0. The first-order chi connectivity index (χ1) is 12.1. The second-order valence-electron chi connectivity index (χ2n) is 7.01. The van der Waals surface area contributed by atoms with E-state index in [2.05, 4.69) is 33.8 Å². The summed E-state index contributed by atoms with van der Waals surface area (Å²) in [5.74, 6) is 1.23. The second kappa shape index (κ2) is 6.83. The number of hydrogen-bond acceptors (Lipinski definition) is 4. The third-order valence-electron chi connectivity index (χ3n) is 5.15. The highest BCUT2D eigenvalue weighted by molar-refractivity contribution is 8.00. The second-order valence-corrected chi connectivity index (χ2v) is 8.32. The number of nitrogens with zero attached hydrogens (tertiary/aromatic N) is 4. The Morgan fingerprint density at radius 2 is 2.08 bits per heavy atom. The molecule has 0 bridgehead atoms. The average Bonchev–Trinajstić information content (AvgIpc) is 3.04. The fraction of sp³-hybridized carbons (Fsp3) is 0.526. The van der Waals surface area contributed by atoms with Gasteiger partial charge < -0.3 is 9.47 Å². The average molecular weight is 356 g/mol. The smallest absolute Gasteiger partial charge is 0.240 e. The molecule has 0 fully saturated rings. The van der Waals surface area contributed by atoms with Crippen LogP contribution in [0.2, 0.25) is 0 Å². The molecule has 0 saturated carbocycles. The number of hydrogen-bond donors (Lipinski definition) is 0. The van der Waals surface area contributed by atoms with Crippen molar-refractivity contribution in [1.82, 2.24) is 14.8 Å². The van der Waals surface area contributed by atoms with E-state index >= 15 is 0 Å². The summed E-state index contributed by atoms with van der Waals surface area (Å²) in [6, 6.07) is 8.44. The third-order valence-corrected chi connectivity index (χ3v) is 6.22. The minimum Gasteiger partial charge on any atom is -0.308 e. The minimum atomic E-state index is -0.176. The molecule has 2 aliphatic rings. The Morgan fingerprint density at radius 1 is 1.24 bits per heavy atom. The monoisotopic (exact) mass is 356 g/mol. The van der Waals surface area contributed by atoms with Crippen molar-refractivity contribution < 1.29 is 4.79 Å². The topological polar surface area (TPSA) is 51.0 Å². The third kappa shape index (κ3) is 3.08. The van der Waals surface area contributed by atoms with Gasteiger partial charge >= 0.3 is 0 Å². The molecule has 0 unspecified atom stereocenters. The van der Waals surface area contributed by atoms with Crippen LogP contribution in [0.15, 0.2) is 29.4 Å². The summed E-state index contributed by atoms with van der Waals surface area (Å²) < 4.78 is 2.21. The Morgan fingerprint density at radius 3 is 2.96 bits per heavy atom. The van der Waals surface area contributed by atoms with Crippen LogP contribution in [0.25, 0.3) is 0 Å². The number of amides is 1. The molecule has 25 heavy (non-hydrogen) atoms. The van der Waals surface area contributed by atoms with Gasteiger partial charge in [0.15, 0.2) is 5.16 Å². The van der Waals surface area contributed by atoms with Gasteiger partial charge in [0, 0.05) is 24.7 Å². The highest BCUT2D eigenvalue weighted by atomic mass is 32.2. The fourth-order valence-corrected chi connectivity index (χ4v) is 4.79. The maximum absolute atomic E-state index is 13.1. The Balaban J connectivity index is 1.53. The van der Waals surface area contributed by atoms with E-state index in [4.69, 9.17) is 0 Å². The molecule has 6 heteroatoms. The van der Waals surface area contributed by atoms with Crippen molar-refractivity contribution in [2.24, 2.45) is 0 Å². The Bertz CT molecular complexity index is 787. The van der Waals surface area contributed by atoms with Crippen molar-refractivity contribution in [1.29, 1.82) is 0 Å². The number of anilines is 1. The van der Waals surface area contributed by atoms with Crippen molar-refractivity contribution in [2.45, 2.75) is 68.9 Å². The fourth-order valence-electron chi connectivity index (χ4n) is 3.85. The van der Waals surface area contributed by atoms with Crippen molar-refractivity contribution in [2.75, 3.05) is 4.90 Å². The lowest BCUT2D eigenvalue weighted by Gasteiger charge is -2.25. The molecule has 2 aromatic rings. The zero-order valence-corrected chi connectivity index (χ0v) is 15.6. The zero-order valence-electron chi connectivity index (χ0n) is 14.8. The molecule has 5 nitrogen and oxygen atoms in total. The molecule has 1 amide bonds. The van der Waals surface area contributed by atoms with Crippen LogP contribution in [0.1, 0.15) is 44.5 Å². The van der Waals surface area contributed by atoms with Crippen LogP contribution >= 0.6 is 11.8 Å². The van der Waals surface area contributed by atoms with E-state index < -0.39 is 0 Å². The van der Waals surface area contributed by atoms with Gasteiger partial charge in [-0.3, -0.25) is 4.79 Å². The molecule has 1 aromatic heterocycles. The van der Waals surface area contributed by atoms with E-state index in [-0.39, 0.29) is 17.2 Å². The van der Waals surface area contributed by atoms with Crippen LogP contribution < -0.4 is 4.90 Å². The lowest BCUT2D eigenvalue weighted by atomic mass is 10.1. The molecule has 2 aliphatic heterocycles. The summed E-state index contributed by atoms with van der Waals surface area (Å²) in [6.07, 6.45) is 5.51. The van der Waals surface area contributed by atoms with Gasteiger partial charge in [0.1, 0.15) is 5.82 Å². The van der Waals surface area contributed by atoms with Crippen LogP contribution in [0.4, 0.5) is 5.69 Å². The van der Waals surface area contributed by atoms with E-state index in [0.29, 0.717) is 0 Å². The molecule has 1 aromatic carbocycles. The van der Waals surface area contributed by atoms with E-state index in [1.54, 1.807) is 11.8 Å². The minimum absolute atomic E-state index is 0.161. The van der Waals surface area contributed by atoms with Crippen molar-refractivity contribution in [3.8, 4) is 0 Å². The van der Waals surface area contributed by atoms with Gasteiger partial charge in [-0.25, -0.2) is 0 Å². The predicted molar refractivity (Wildman–Crippen MR) is 100.0 cm³/mol. The number of aromatic nitrogens is 3. The SMILES string of the molecule is C[C@@H]1Cc2ccccc2N1C(=O)[C@@H](C)Sc1nnc2n1CCCCC2. The highest BCUT2D eigenvalue weighted by Gasteiger charge is 2.34. The molecule has 0 saturated heterocycles. The van der Waals surface area contributed by atoms with Gasteiger partial charge in [0.2, 0.25) is 5.91 Å². The molecular formula is C19H24N4OS. The van der Waals surface area contributed by atoms with Crippen LogP contribution in [-0.2, 0) is 24.2 Å². The number of carbonyl (C=O) groups excluding carboxylic acids is 1. The molecule has 4 rings (SSSR count). The number of thioether (sulfide) groups is 1. The summed E-state index contributed by atoms with van der Waals surface area (Å²) >= 11 is 1.54. The first-order valence-electron chi connectivity index (χ1n) is 9.15. The van der Waals surface area contributed by atoms with Crippen molar-refractivity contribution in [3.05, 3.63) is 35.7 Å². The molecule has 0 aliphatic carbocycles. The number of fused-ring (bicyclic) bond motifs is 2. The summed E-state index contributed by atoms with van der Waals surface area (Å²) in [6.45, 7) is 5.08. The quantitative estimate of drug-likeness (QED) is 0.790. The van der Waals surface area contributed by atoms with Gasteiger partial charge in [-0.2, -0.15) is 0 Å². The zero-order chi connectivity index (χ0) is 17.4. The Labute approximate surface area is 152 Å². The molecule has 2 atom stereocenters. The van der Waals surface area contributed by atoms with Crippen LogP contribution in [0, 0.1) is 0 Å². The van der Waals surface area contributed by atoms with Crippen LogP contribution in [-0.4, -0.2) is 32.0 Å². The summed E-state index contributed by atoms with van der Waals surface area (Å²) in [5, 5.41) is 9.41. The standard InChI is InChI=1S/C19H24N4OS/c1-13-12-15-8-5-6-9-16(15)23(13)18(24)14(2)25-19-21-20-17-10-4-3-7-11-22(17)19/h5-6,8-9,13-14H,3-4,7,10-12H2,1-2H3/t13-,14-/m1/s1. The summed E-state index contributed by atoms with van der Waals surface area (Å²) in [5.41, 5.74) is 2.32. The molecule has 132 valence electrons. The number of para-hydroxylation sites is 1. The number of rotatable bonds is 3. The first-order valence-corrected chi connectivity index (χ1v) is 10.0. The van der Waals surface area contributed by atoms with Gasteiger partial charge in [0.05, 0.1) is 5.25 Å². The van der Waals surface area contributed by atoms with Gasteiger partial charge in [-0.15, -0.1) is 10.2 Å². The molecule has 0 radical (unpaired) electrons. The van der Waals surface area contributed by atoms with E-state index in [9.17, 15) is 4.79 Å². The molecular weight excluding hydrogens is 332 g/mol. The molecule has 0 spiro atoms.